The largest absolute Gasteiger partial charge is 0.497 e. The van der Waals surface area contributed by atoms with Crippen LogP contribution in [0.15, 0.2) is 59.7 Å². The molecule has 1 N–H and O–H groups in total. The summed E-state index contributed by atoms with van der Waals surface area (Å²) in [5.41, 5.74) is 2.22. The number of carbonyl (C=O) groups excluding carboxylic acids is 1. The summed E-state index contributed by atoms with van der Waals surface area (Å²) >= 11 is 0. The Morgan fingerprint density at radius 1 is 1.13 bits per heavy atom. The molecule has 0 aliphatic heterocycles. The summed E-state index contributed by atoms with van der Waals surface area (Å²) in [4.78, 5) is 30.8. The number of hydrogen-bond donors (Lipinski definition) is 1. The molecule has 31 heavy (non-hydrogen) atoms. The van der Waals surface area contributed by atoms with E-state index >= 15 is 0 Å². The van der Waals surface area contributed by atoms with Crippen molar-refractivity contribution in [3.63, 3.8) is 0 Å². The van der Waals surface area contributed by atoms with Gasteiger partial charge in [0.25, 0.3) is 5.56 Å². The smallest absolute Gasteiger partial charge is 0.278 e. The Labute approximate surface area is 180 Å². The van der Waals surface area contributed by atoms with Crippen LogP contribution in [-0.2, 0) is 17.9 Å². The first-order chi connectivity index (χ1) is 14.8. The van der Waals surface area contributed by atoms with Gasteiger partial charge in [-0.15, -0.1) is 0 Å². The van der Waals surface area contributed by atoms with Crippen molar-refractivity contribution >= 4 is 27.8 Å². The number of fused-ring (bicyclic) bond motifs is 3. The van der Waals surface area contributed by atoms with Crippen molar-refractivity contribution in [3.05, 3.63) is 70.8 Å². The number of aromatic nitrogens is 3. The van der Waals surface area contributed by atoms with E-state index in [0.717, 1.165) is 22.2 Å². The first kappa shape index (κ1) is 20.7. The summed E-state index contributed by atoms with van der Waals surface area (Å²) in [6, 6.07) is 15.2. The van der Waals surface area contributed by atoms with Crippen LogP contribution in [0.3, 0.4) is 0 Å². The number of nitrogens with zero attached hydrogens (tertiary/aromatic N) is 3. The average molecular weight is 418 g/mol. The van der Waals surface area contributed by atoms with Crippen LogP contribution in [0.1, 0.15) is 26.3 Å². The fourth-order valence-electron chi connectivity index (χ4n) is 3.79. The Balaban J connectivity index is 1.83. The van der Waals surface area contributed by atoms with Crippen molar-refractivity contribution < 1.29 is 9.53 Å². The van der Waals surface area contributed by atoms with Crippen molar-refractivity contribution in [3.8, 4) is 5.75 Å². The Morgan fingerprint density at radius 3 is 2.65 bits per heavy atom. The number of ether oxygens (including phenoxy) is 1. The van der Waals surface area contributed by atoms with Gasteiger partial charge in [-0.05, 0) is 44.5 Å². The van der Waals surface area contributed by atoms with E-state index in [0.29, 0.717) is 17.6 Å². The third-order valence-electron chi connectivity index (χ3n) is 5.04. The number of methoxy groups -OCH3 is 1. The third kappa shape index (κ3) is 4.17. The highest BCUT2D eigenvalue weighted by Gasteiger charge is 2.20. The van der Waals surface area contributed by atoms with Crippen LogP contribution in [-0.4, -0.2) is 32.7 Å². The Morgan fingerprint density at radius 2 is 1.90 bits per heavy atom. The molecule has 0 unspecified atom stereocenters. The molecule has 0 radical (unpaired) electrons. The second-order valence-corrected chi connectivity index (χ2v) is 8.63. The lowest BCUT2D eigenvalue weighted by Gasteiger charge is -2.21. The normalized spacial score (nSPS) is 11.7. The zero-order valence-corrected chi connectivity index (χ0v) is 18.2. The van der Waals surface area contributed by atoms with Crippen LogP contribution in [0, 0.1) is 0 Å². The maximum absolute atomic E-state index is 13.5. The van der Waals surface area contributed by atoms with Crippen LogP contribution >= 0.6 is 0 Å². The van der Waals surface area contributed by atoms with E-state index in [2.05, 4.69) is 10.3 Å². The molecule has 2 heterocycles. The summed E-state index contributed by atoms with van der Waals surface area (Å²) in [5, 5.41) is 3.82. The van der Waals surface area contributed by atoms with Crippen molar-refractivity contribution in [1.29, 1.82) is 0 Å². The molecule has 7 nitrogen and oxygen atoms in total. The molecule has 1 amide bonds. The lowest BCUT2D eigenvalue weighted by atomic mass is 10.1. The lowest BCUT2D eigenvalue weighted by molar-refractivity contribution is -0.122. The summed E-state index contributed by atoms with van der Waals surface area (Å²) in [6.07, 6.45) is 1.57. The molecule has 0 atom stereocenters. The number of hydrogen-bond acceptors (Lipinski definition) is 4. The highest BCUT2D eigenvalue weighted by atomic mass is 16.5. The Bertz CT molecular complexity index is 1330. The first-order valence-electron chi connectivity index (χ1n) is 10.2. The van der Waals surface area contributed by atoms with Gasteiger partial charge in [-0.1, -0.05) is 30.3 Å². The van der Waals surface area contributed by atoms with Crippen LogP contribution in [0.25, 0.3) is 21.9 Å². The molecule has 0 spiro atoms. The second-order valence-electron chi connectivity index (χ2n) is 8.63. The minimum Gasteiger partial charge on any atom is -0.497 e. The van der Waals surface area contributed by atoms with E-state index in [4.69, 9.17) is 4.74 Å². The predicted octanol–water partition coefficient (Wildman–Crippen LogP) is 3.32. The van der Waals surface area contributed by atoms with Crippen molar-refractivity contribution in [2.24, 2.45) is 0 Å². The van der Waals surface area contributed by atoms with Crippen LogP contribution in [0.5, 0.6) is 5.75 Å². The van der Waals surface area contributed by atoms with E-state index in [9.17, 15) is 9.59 Å². The van der Waals surface area contributed by atoms with Gasteiger partial charge in [-0.25, -0.2) is 4.98 Å². The van der Waals surface area contributed by atoms with Gasteiger partial charge >= 0.3 is 0 Å². The van der Waals surface area contributed by atoms with Gasteiger partial charge in [0.15, 0.2) is 0 Å². The number of para-hydroxylation sites is 1. The van der Waals surface area contributed by atoms with Gasteiger partial charge in [-0.3, -0.25) is 14.2 Å². The maximum atomic E-state index is 13.5. The number of carbonyl (C=O) groups is 1. The van der Waals surface area contributed by atoms with E-state index in [1.807, 2.05) is 69.3 Å². The van der Waals surface area contributed by atoms with Gasteiger partial charge in [0.05, 0.1) is 25.5 Å². The average Bonchev–Trinajstić information content (AvgIpc) is 3.03. The molecule has 2 aromatic carbocycles. The monoisotopic (exact) mass is 418 g/mol. The topological polar surface area (TPSA) is 78.2 Å². The molecule has 7 heteroatoms. The SMILES string of the molecule is COc1cccc(Cn2cnc3c4ccccc4n(CC(=O)NC(C)(C)C)c3c2=O)c1. The molecule has 2 aromatic heterocycles. The molecule has 0 aliphatic carbocycles. The fraction of sp³-hybridized carbons (Fsp3) is 0.292. The fourth-order valence-corrected chi connectivity index (χ4v) is 3.79. The van der Waals surface area contributed by atoms with E-state index in [1.54, 1.807) is 22.6 Å². The molecule has 4 aromatic rings. The lowest BCUT2D eigenvalue weighted by Crippen LogP contribution is -2.42. The third-order valence-corrected chi connectivity index (χ3v) is 5.04. The number of rotatable bonds is 5. The molecule has 0 saturated heterocycles. The molecule has 0 bridgehead atoms. The van der Waals surface area contributed by atoms with Crippen LogP contribution in [0.4, 0.5) is 0 Å². The molecule has 0 fully saturated rings. The first-order valence-corrected chi connectivity index (χ1v) is 10.2. The van der Waals surface area contributed by atoms with Crippen LogP contribution in [0.2, 0.25) is 0 Å². The van der Waals surface area contributed by atoms with E-state index < -0.39 is 0 Å². The minimum atomic E-state index is -0.360. The second kappa shape index (κ2) is 7.91. The summed E-state index contributed by atoms with van der Waals surface area (Å²) in [7, 11) is 1.61. The Kier molecular flexibility index (Phi) is 5.27. The van der Waals surface area contributed by atoms with Gasteiger partial charge in [-0.2, -0.15) is 0 Å². The zero-order chi connectivity index (χ0) is 22.2. The molecular weight excluding hydrogens is 392 g/mol. The van der Waals surface area contributed by atoms with Gasteiger partial charge in [0, 0.05) is 10.9 Å². The molecule has 160 valence electrons. The quantitative estimate of drug-likeness (QED) is 0.539. The van der Waals surface area contributed by atoms with E-state index in [1.165, 1.54) is 0 Å². The van der Waals surface area contributed by atoms with Crippen molar-refractivity contribution in [1.82, 2.24) is 19.4 Å². The number of nitrogens with one attached hydrogen (secondary N) is 1. The summed E-state index contributed by atoms with van der Waals surface area (Å²) in [6.45, 7) is 6.19. The standard InChI is InChI=1S/C24H26N4O3/c1-24(2,3)26-20(29)14-28-19-11-6-5-10-18(19)21-22(28)23(30)27(15-25-21)13-16-8-7-9-17(12-16)31-4/h5-12,15H,13-14H2,1-4H3,(H,26,29). The molecule has 4 rings (SSSR count). The van der Waals surface area contributed by atoms with Gasteiger partial charge in [0.1, 0.15) is 23.3 Å². The predicted molar refractivity (Wildman–Crippen MR) is 121 cm³/mol. The van der Waals surface area contributed by atoms with Gasteiger partial charge in [0.2, 0.25) is 5.91 Å². The minimum absolute atomic E-state index is 0.0430. The molecular formula is C24H26N4O3. The maximum Gasteiger partial charge on any atom is 0.278 e. The highest BCUT2D eigenvalue weighted by Crippen LogP contribution is 2.25. The highest BCUT2D eigenvalue weighted by molar-refractivity contribution is 6.06. The van der Waals surface area contributed by atoms with Crippen LogP contribution < -0.4 is 15.6 Å². The Hall–Kier alpha value is -3.61. The molecule has 0 saturated carbocycles. The van der Waals surface area contributed by atoms with E-state index in [-0.39, 0.29) is 23.6 Å². The number of amides is 1. The molecule has 0 aliphatic rings. The van der Waals surface area contributed by atoms with Crippen molar-refractivity contribution in [2.45, 2.75) is 39.4 Å². The van der Waals surface area contributed by atoms with Crippen molar-refractivity contribution in [2.75, 3.05) is 7.11 Å². The van der Waals surface area contributed by atoms with Gasteiger partial charge < -0.3 is 14.6 Å². The summed E-state index contributed by atoms with van der Waals surface area (Å²) < 4.78 is 8.61. The zero-order valence-electron chi connectivity index (χ0n) is 18.2. The summed E-state index contributed by atoms with van der Waals surface area (Å²) in [5.74, 6) is 0.574. The number of benzene rings is 2.